The van der Waals surface area contributed by atoms with Crippen LogP contribution < -0.4 is 5.73 Å². The number of rotatable bonds is 5. The number of benzene rings is 1. The summed E-state index contributed by atoms with van der Waals surface area (Å²) < 4.78 is 0. The van der Waals surface area contributed by atoms with Gasteiger partial charge in [0.2, 0.25) is 0 Å². The molecule has 0 aliphatic rings. The average molecular weight is 292 g/mol. The summed E-state index contributed by atoms with van der Waals surface area (Å²) in [4.78, 5) is 4.29. The molecule has 0 amide bonds. The molecule has 0 saturated carbocycles. The minimum absolute atomic E-state index is 0.0969. The van der Waals surface area contributed by atoms with Gasteiger partial charge in [-0.2, -0.15) is 5.10 Å². The zero-order valence-corrected chi connectivity index (χ0v) is 12.7. The van der Waals surface area contributed by atoms with Crippen molar-refractivity contribution >= 4 is 11.0 Å². The number of nitrogens with two attached hydrogens (primary N) is 1. The molecule has 0 fully saturated rings. The van der Waals surface area contributed by atoms with Crippen molar-refractivity contribution < 1.29 is 0 Å². The van der Waals surface area contributed by atoms with Gasteiger partial charge in [0.15, 0.2) is 5.65 Å². The Morgan fingerprint density at radius 1 is 1.36 bits per heavy atom. The number of hydrogen-bond donors (Lipinski definition) is 2. The fourth-order valence-electron chi connectivity index (χ4n) is 2.80. The Hall–Kier alpha value is -2.46. The van der Waals surface area contributed by atoms with E-state index in [-0.39, 0.29) is 5.41 Å². The minimum Gasteiger partial charge on any atom is -0.330 e. The first-order chi connectivity index (χ1) is 10.7. The van der Waals surface area contributed by atoms with Crippen molar-refractivity contribution in [1.82, 2.24) is 15.2 Å². The maximum absolute atomic E-state index is 6.02. The van der Waals surface area contributed by atoms with Gasteiger partial charge in [0.05, 0.1) is 6.20 Å². The zero-order chi connectivity index (χ0) is 15.6. The van der Waals surface area contributed by atoms with Crippen molar-refractivity contribution in [3.8, 4) is 11.1 Å². The molecule has 3 aromatic rings. The monoisotopic (exact) mass is 292 g/mol. The molecule has 22 heavy (non-hydrogen) atoms. The van der Waals surface area contributed by atoms with Crippen molar-refractivity contribution in [2.75, 3.05) is 6.54 Å². The number of nitrogens with one attached hydrogen (secondary N) is 1. The standard InChI is InChI=1S/C18H20N4/c1-3-8-18(2,12-19)14-6-4-5-13(10-14)15-7-9-20-17-16(15)11-21-22-17/h3-7,9-11H,1,8,12,19H2,2H3,(H,20,21,22). The molecule has 4 nitrogen and oxygen atoms in total. The second kappa shape index (κ2) is 5.73. The smallest absolute Gasteiger partial charge is 0.155 e. The second-order valence-electron chi connectivity index (χ2n) is 5.83. The van der Waals surface area contributed by atoms with Crippen molar-refractivity contribution in [1.29, 1.82) is 0 Å². The third-order valence-corrected chi connectivity index (χ3v) is 4.27. The third kappa shape index (κ3) is 2.42. The van der Waals surface area contributed by atoms with Gasteiger partial charge in [0.1, 0.15) is 0 Å². The van der Waals surface area contributed by atoms with Gasteiger partial charge < -0.3 is 5.73 Å². The third-order valence-electron chi connectivity index (χ3n) is 4.27. The number of aromatic amines is 1. The summed E-state index contributed by atoms with van der Waals surface area (Å²) in [6, 6.07) is 10.5. The number of H-pyrrole nitrogens is 1. The Balaban J connectivity index is 2.12. The normalized spacial score (nSPS) is 13.9. The number of aromatic nitrogens is 3. The zero-order valence-electron chi connectivity index (χ0n) is 12.7. The van der Waals surface area contributed by atoms with Crippen molar-refractivity contribution in [2.24, 2.45) is 5.73 Å². The Morgan fingerprint density at radius 3 is 3.00 bits per heavy atom. The fourth-order valence-corrected chi connectivity index (χ4v) is 2.80. The quantitative estimate of drug-likeness (QED) is 0.708. The SMILES string of the molecule is C=CCC(C)(CN)c1cccc(-c2ccnc3[nH]ncc23)c1. The first-order valence-electron chi connectivity index (χ1n) is 7.38. The van der Waals surface area contributed by atoms with E-state index in [4.69, 9.17) is 5.73 Å². The summed E-state index contributed by atoms with van der Waals surface area (Å²) in [6.45, 7) is 6.62. The molecule has 0 saturated heterocycles. The van der Waals surface area contributed by atoms with Crippen molar-refractivity contribution in [2.45, 2.75) is 18.8 Å². The van der Waals surface area contributed by atoms with Crippen LogP contribution in [0.1, 0.15) is 18.9 Å². The van der Waals surface area contributed by atoms with Crippen LogP contribution in [0.3, 0.4) is 0 Å². The predicted molar refractivity (Wildman–Crippen MR) is 90.5 cm³/mol. The Bertz CT molecular complexity index is 805. The van der Waals surface area contributed by atoms with Gasteiger partial charge in [-0.05, 0) is 29.2 Å². The van der Waals surface area contributed by atoms with E-state index in [0.29, 0.717) is 6.54 Å². The van der Waals surface area contributed by atoms with E-state index < -0.39 is 0 Å². The Labute approximate surface area is 130 Å². The maximum atomic E-state index is 6.02. The van der Waals surface area contributed by atoms with Gasteiger partial charge in [-0.3, -0.25) is 5.10 Å². The van der Waals surface area contributed by atoms with E-state index in [0.717, 1.165) is 28.6 Å². The minimum atomic E-state index is -0.0969. The van der Waals surface area contributed by atoms with Crippen molar-refractivity contribution in [3.63, 3.8) is 0 Å². The molecule has 0 aliphatic heterocycles. The molecule has 0 bridgehead atoms. The first kappa shape index (κ1) is 14.5. The molecule has 0 spiro atoms. The van der Waals surface area contributed by atoms with E-state index in [9.17, 15) is 0 Å². The molecule has 0 aliphatic carbocycles. The molecule has 112 valence electrons. The first-order valence-corrected chi connectivity index (χ1v) is 7.38. The van der Waals surface area contributed by atoms with Crippen LogP contribution in [0.15, 0.2) is 55.4 Å². The maximum Gasteiger partial charge on any atom is 0.155 e. The summed E-state index contributed by atoms with van der Waals surface area (Å²) in [5.41, 5.74) is 10.2. The summed E-state index contributed by atoms with van der Waals surface area (Å²) in [7, 11) is 0. The lowest BCUT2D eigenvalue weighted by Crippen LogP contribution is -2.31. The summed E-state index contributed by atoms with van der Waals surface area (Å²) in [6.07, 6.45) is 6.40. The van der Waals surface area contributed by atoms with Crippen LogP contribution in [0, 0.1) is 0 Å². The lowest BCUT2D eigenvalue weighted by atomic mass is 9.78. The number of allylic oxidation sites excluding steroid dienone is 1. The summed E-state index contributed by atoms with van der Waals surface area (Å²) in [5, 5.41) is 8.02. The molecular formula is C18H20N4. The van der Waals surface area contributed by atoms with Crippen LogP contribution in [0.4, 0.5) is 0 Å². The summed E-state index contributed by atoms with van der Waals surface area (Å²) >= 11 is 0. The van der Waals surface area contributed by atoms with Gasteiger partial charge >= 0.3 is 0 Å². The van der Waals surface area contributed by atoms with Gasteiger partial charge in [-0.1, -0.05) is 37.3 Å². The topological polar surface area (TPSA) is 67.6 Å². The highest BCUT2D eigenvalue weighted by atomic mass is 15.1. The Morgan fingerprint density at radius 2 is 2.23 bits per heavy atom. The van der Waals surface area contributed by atoms with Crippen LogP contribution in [0.25, 0.3) is 22.2 Å². The fraction of sp³-hybridized carbons (Fsp3) is 0.222. The van der Waals surface area contributed by atoms with Crippen LogP contribution in [0.5, 0.6) is 0 Å². The largest absolute Gasteiger partial charge is 0.330 e. The Kier molecular flexibility index (Phi) is 3.77. The van der Waals surface area contributed by atoms with Crippen LogP contribution >= 0.6 is 0 Å². The van der Waals surface area contributed by atoms with Gasteiger partial charge in [0.25, 0.3) is 0 Å². The lowest BCUT2D eigenvalue weighted by molar-refractivity contribution is 0.491. The molecular weight excluding hydrogens is 272 g/mol. The molecule has 2 aromatic heterocycles. The number of hydrogen-bond acceptors (Lipinski definition) is 3. The predicted octanol–water partition coefficient (Wildman–Crippen LogP) is 3.42. The van der Waals surface area contributed by atoms with E-state index in [1.165, 1.54) is 5.56 Å². The van der Waals surface area contributed by atoms with Crippen LogP contribution in [0.2, 0.25) is 0 Å². The van der Waals surface area contributed by atoms with Gasteiger partial charge in [-0.15, -0.1) is 6.58 Å². The molecule has 3 rings (SSSR count). The highest BCUT2D eigenvalue weighted by Crippen LogP contribution is 2.32. The van der Waals surface area contributed by atoms with Crippen LogP contribution in [-0.4, -0.2) is 21.7 Å². The van der Waals surface area contributed by atoms with E-state index in [2.05, 4.69) is 52.9 Å². The molecule has 1 atom stereocenters. The highest BCUT2D eigenvalue weighted by molar-refractivity contribution is 5.92. The molecule has 1 aromatic carbocycles. The summed E-state index contributed by atoms with van der Waals surface area (Å²) in [5.74, 6) is 0. The molecule has 0 radical (unpaired) electrons. The number of pyridine rings is 1. The molecule has 3 N–H and O–H groups in total. The molecule has 1 unspecified atom stereocenters. The van der Waals surface area contributed by atoms with Gasteiger partial charge in [-0.25, -0.2) is 4.98 Å². The van der Waals surface area contributed by atoms with Crippen molar-refractivity contribution in [3.05, 3.63) is 60.9 Å². The van der Waals surface area contributed by atoms with Gasteiger partial charge in [0, 0.05) is 23.5 Å². The number of fused-ring (bicyclic) bond motifs is 1. The van der Waals surface area contributed by atoms with E-state index in [1.807, 2.05) is 18.3 Å². The van der Waals surface area contributed by atoms with E-state index >= 15 is 0 Å². The number of nitrogens with zero attached hydrogens (tertiary/aromatic N) is 2. The molecule has 2 heterocycles. The van der Waals surface area contributed by atoms with Crippen LogP contribution in [-0.2, 0) is 5.41 Å². The molecule has 4 heteroatoms. The second-order valence-corrected chi connectivity index (χ2v) is 5.83. The average Bonchev–Trinajstić information content (AvgIpc) is 3.03. The lowest BCUT2D eigenvalue weighted by Gasteiger charge is -2.27. The van der Waals surface area contributed by atoms with E-state index in [1.54, 1.807) is 6.20 Å². The highest BCUT2D eigenvalue weighted by Gasteiger charge is 2.23.